The van der Waals surface area contributed by atoms with Crippen LogP contribution in [0.5, 0.6) is 0 Å². The van der Waals surface area contributed by atoms with E-state index >= 15 is 0 Å². The molecule has 0 saturated heterocycles. The average Bonchev–Trinajstić information content (AvgIpc) is 3.20. The molecule has 2 rings (SSSR count). The minimum absolute atomic E-state index is 0.0347. The maximum Gasteiger partial charge on any atom is 0.327 e. The van der Waals surface area contributed by atoms with E-state index in [1.54, 1.807) is 0 Å². The lowest BCUT2D eigenvalue weighted by Gasteiger charge is -2.07. The second-order valence-electron chi connectivity index (χ2n) is 4.54. The normalized spacial score (nSPS) is 13.1. The molecule has 22 heavy (non-hydrogen) atoms. The molecular weight excluding hydrogens is 360 g/mol. The van der Waals surface area contributed by atoms with Crippen molar-refractivity contribution in [1.29, 1.82) is 0 Å². The average molecular weight is 373 g/mol. The van der Waals surface area contributed by atoms with Crippen molar-refractivity contribution in [3.63, 3.8) is 0 Å². The molecule has 0 spiro atoms. The molecule has 0 bridgehead atoms. The van der Waals surface area contributed by atoms with Crippen LogP contribution in [0.1, 0.15) is 23.4 Å². The second-order valence-corrected chi connectivity index (χ2v) is 5.32. The van der Waals surface area contributed by atoms with Crippen molar-refractivity contribution in [3.8, 4) is 0 Å². The summed E-state index contributed by atoms with van der Waals surface area (Å²) >= 11 is 3.04. The SMILES string of the molecule is O=C(CNC(=O)c1ccc(Br)o1)NNC(=O)C(=O)NC1CC1. The summed E-state index contributed by atoms with van der Waals surface area (Å²) in [6, 6.07) is 3.01. The van der Waals surface area contributed by atoms with Gasteiger partial charge in [-0.25, -0.2) is 0 Å². The van der Waals surface area contributed by atoms with E-state index in [1.165, 1.54) is 12.1 Å². The first-order chi connectivity index (χ1) is 10.5. The number of amides is 4. The first-order valence-corrected chi connectivity index (χ1v) is 7.18. The van der Waals surface area contributed by atoms with Gasteiger partial charge in [0.25, 0.3) is 11.8 Å². The summed E-state index contributed by atoms with van der Waals surface area (Å²) in [5.74, 6) is -3.02. The third kappa shape index (κ3) is 4.88. The fraction of sp³-hybridized carbons (Fsp3) is 0.333. The van der Waals surface area contributed by atoms with Crippen LogP contribution in [0.15, 0.2) is 21.2 Å². The zero-order valence-corrected chi connectivity index (χ0v) is 12.9. The number of carbonyl (C=O) groups excluding carboxylic acids is 4. The van der Waals surface area contributed by atoms with Crippen molar-refractivity contribution in [2.75, 3.05) is 6.54 Å². The van der Waals surface area contributed by atoms with Gasteiger partial charge in [0.1, 0.15) is 0 Å². The van der Waals surface area contributed by atoms with Gasteiger partial charge >= 0.3 is 11.8 Å². The smallest absolute Gasteiger partial charge is 0.327 e. The molecule has 1 aliphatic carbocycles. The highest BCUT2D eigenvalue weighted by atomic mass is 79.9. The Balaban J connectivity index is 1.65. The zero-order valence-electron chi connectivity index (χ0n) is 11.3. The third-order valence-electron chi connectivity index (χ3n) is 2.64. The number of rotatable bonds is 4. The Morgan fingerprint density at radius 1 is 1.14 bits per heavy atom. The maximum absolute atomic E-state index is 11.6. The zero-order chi connectivity index (χ0) is 16.1. The molecule has 4 amide bonds. The Morgan fingerprint density at radius 2 is 1.86 bits per heavy atom. The largest absolute Gasteiger partial charge is 0.444 e. The van der Waals surface area contributed by atoms with Crippen molar-refractivity contribution in [2.24, 2.45) is 0 Å². The maximum atomic E-state index is 11.6. The molecule has 0 aliphatic heterocycles. The van der Waals surface area contributed by atoms with Crippen LogP contribution in [0, 0.1) is 0 Å². The minimum atomic E-state index is -0.971. The van der Waals surface area contributed by atoms with E-state index in [0.29, 0.717) is 4.67 Å². The van der Waals surface area contributed by atoms with Gasteiger partial charge in [0.15, 0.2) is 10.4 Å². The molecule has 0 aromatic carbocycles. The van der Waals surface area contributed by atoms with Crippen LogP contribution in [0.2, 0.25) is 0 Å². The molecule has 9 nitrogen and oxygen atoms in total. The van der Waals surface area contributed by atoms with E-state index in [9.17, 15) is 19.2 Å². The van der Waals surface area contributed by atoms with E-state index < -0.39 is 23.6 Å². The van der Waals surface area contributed by atoms with Gasteiger partial charge in [-0.05, 0) is 40.9 Å². The predicted molar refractivity (Wildman–Crippen MR) is 76.2 cm³/mol. The first-order valence-electron chi connectivity index (χ1n) is 6.39. The second kappa shape index (κ2) is 7.07. The summed E-state index contributed by atoms with van der Waals surface area (Å²) in [6.07, 6.45) is 1.70. The van der Waals surface area contributed by atoms with Gasteiger partial charge in [-0.15, -0.1) is 0 Å². The van der Waals surface area contributed by atoms with Crippen LogP contribution in [-0.2, 0) is 14.4 Å². The number of hydrogen-bond acceptors (Lipinski definition) is 5. The molecule has 4 N–H and O–H groups in total. The van der Waals surface area contributed by atoms with Crippen LogP contribution >= 0.6 is 15.9 Å². The van der Waals surface area contributed by atoms with Crippen molar-refractivity contribution in [2.45, 2.75) is 18.9 Å². The molecule has 1 aliphatic rings. The van der Waals surface area contributed by atoms with Gasteiger partial charge in [-0.1, -0.05) is 0 Å². The highest BCUT2D eigenvalue weighted by Crippen LogP contribution is 2.18. The fourth-order valence-electron chi connectivity index (χ4n) is 1.39. The fourth-order valence-corrected chi connectivity index (χ4v) is 1.70. The van der Waals surface area contributed by atoms with E-state index in [2.05, 4.69) is 26.6 Å². The lowest BCUT2D eigenvalue weighted by molar-refractivity contribution is -0.140. The Kier molecular flexibility index (Phi) is 5.15. The molecule has 10 heteroatoms. The molecule has 118 valence electrons. The van der Waals surface area contributed by atoms with Gasteiger partial charge in [0, 0.05) is 6.04 Å². The molecular formula is C12H13BrN4O5. The van der Waals surface area contributed by atoms with Crippen LogP contribution in [0.4, 0.5) is 0 Å². The molecule has 0 unspecified atom stereocenters. The number of nitrogens with one attached hydrogen (secondary N) is 4. The first kappa shape index (κ1) is 16.0. The van der Waals surface area contributed by atoms with Gasteiger partial charge in [0.2, 0.25) is 0 Å². The summed E-state index contributed by atoms with van der Waals surface area (Å²) in [5, 5.41) is 4.75. The van der Waals surface area contributed by atoms with Crippen LogP contribution in [0.25, 0.3) is 0 Å². The van der Waals surface area contributed by atoms with Crippen LogP contribution < -0.4 is 21.5 Å². The van der Waals surface area contributed by atoms with Crippen molar-refractivity contribution < 1.29 is 23.6 Å². The Morgan fingerprint density at radius 3 is 2.45 bits per heavy atom. The third-order valence-corrected chi connectivity index (χ3v) is 3.07. The van der Waals surface area contributed by atoms with E-state index in [4.69, 9.17) is 4.42 Å². The van der Waals surface area contributed by atoms with Crippen molar-refractivity contribution in [1.82, 2.24) is 21.5 Å². The van der Waals surface area contributed by atoms with E-state index in [0.717, 1.165) is 12.8 Å². The summed E-state index contributed by atoms with van der Waals surface area (Å²) in [6.45, 7) is -0.387. The molecule has 0 atom stereocenters. The lowest BCUT2D eigenvalue weighted by Crippen LogP contribution is -2.51. The molecule has 0 radical (unpaired) electrons. The Bertz CT molecular complexity index is 610. The predicted octanol–water partition coefficient (Wildman–Crippen LogP) is -0.802. The van der Waals surface area contributed by atoms with Crippen molar-refractivity contribution >= 4 is 39.6 Å². The van der Waals surface area contributed by atoms with Gasteiger partial charge in [0.05, 0.1) is 6.54 Å². The molecule has 1 aromatic rings. The summed E-state index contributed by atoms with van der Waals surface area (Å²) in [5.41, 5.74) is 3.97. The number of halogens is 1. The van der Waals surface area contributed by atoms with Crippen LogP contribution in [0.3, 0.4) is 0 Å². The monoisotopic (exact) mass is 372 g/mol. The van der Waals surface area contributed by atoms with Gasteiger partial charge in [-0.2, -0.15) is 0 Å². The Labute approximate surface area is 133 Å². The quantitative estimate of drug-likeness (QED) is 0.406. The summed E-state index contributed by atoms with van der Waals surface area (Å²) in [4.78, 5) is 45.6. The molecule has 1 heterocycles. The lowest BCUT2D eigenvalue weighted by atomic mass is 10.4. The number of carbonyl (C=O) groups is 4. The van der Waals surface area contributed by atoms with Gasteiger partial charge in [-0.3, -0.25) is 30.0 Å². The van der Waals surface area contributed by atoms with Crippen molar-refractivity contribution in [3.05, 3.63) is 22.6 Å². The van der Waals surface area contributed by atoms with E-state index in [1.807, 2.05) is 10.9 Å². The number of hydrogen-bond donors (Lipinski definition) is 4. The molecule has 1 saturated carbocycles. The highest BCUT2D eigenvalue weighted by molar-refractivity contribution is 9.10. The summed E-state index contributed by atoms with van der Waals surface area (Å²) < 4.78 is 5.39. The minimum Gasteiger partial charge on any atom is -0.444 e. The van der Waals surface area contributed by atoms with Gasteiger partial charge < -0.3 is 15.1 Å². The standard InChI is InChI=1S/C12H13BrN4O5/c13-8-4-3-7(22-8)10(19)14-5-9(18)16-17-12(21)11(20)15-6-1-2-6/h3-4,6H,1-2,5H2,(H,14,19)(H,15,20)(H,16,18)(H,17,21). The number of furan rings is 1. The van der Waals surface area contributed by atoms with Crippen LogP contribution in [-0.4, -0.2) is 36.2 Å². The topological polar surface area (TPSA) is 130 Å². The molecule has 1 fully saturated rings. The summed E-state index contributed by atoms with van der Waals surface area (Å²) in [7, 11) is 0. The highest BCUT2D eigenvalue weighted by Gasteiger charge is 2.26. The van der Waals surface area contributed by atoms with E-state index in [-0.39, 0.29) is 18.3 Å². The Hall–Kier alpha value is -2.36. The molecule has 1 aromatic heterocycles. The number of hydrazine groups is 1.